The molecule has 0 fully saturated rings. The second kappa shape index (κ2) is 6.18. The third-order valence-electron chi connectivity index (χ3n) is 1.43. The van der Waals surface area contributed by atoms with E-state index in [1.165, 1.54) is 0 Å². The van der Waals surface area contributed by atoms with Crippen molar-refractivity contribution in [2.24, 2.45) is 11.8 Å². The topological polar surface area (TPSA) is 33.0 Å². The van der Waals surface area contributed by atoms with Gasteiger partial charge in [0.1, 0.15) is 0 Å². The molecule has 0 heterocycles. The highest BCUT2D eigenvalue weighted by Crippen LogP contribution is 2.00. The predicted molar refractivity (Wildman–Crippen MR) is 45.1 cm³/mol. The molecule has 0 rings (SSSR count). The zero-order valence-electron chi connectivity index (χ0n) is 7.63. The average molecular weight is 155 g/mol. The molecule has 0 radical (unpaired) electrons. The van der Waals surface area contributed by atoms with Crippen LogP contribution in [-0.4, -0.2) is 13.2 Å². The first-order chi connectivity index (χ1) is 5.16. The van der Waals surface area contributed by atoms with Crippen LogP contribution in [-0.2, 0) is 4.74 Å². The molecule has 0 spiro atoms. The van der Waals surface area contributed by atoms with E-state index in [1.807, 2.05) is 6.92 Å². The van der Waals surface area contributed by atoms with Crippen LogP contribution in [0.1, 0.15) is 27.2 Å². The number of hydrogen-bond acceptors (Lipinski definition) is 2. The normalized spacial score (nSPS) is 13.0. The first kappa shape index (κ1) is 10.4. The molecule has 2 heteroatoms. The maximum atomic E-state index is 8.41. The highest BCUT2D eigenvalue weighted by molar-refractivity contribution is 4.77. The van der Waals surface area contributed by atoms with E-state index in [2.05, 4.69) is 19.9 Å². The van der Waals surface area contributed by atoms with Gasteiger partial charge in [-0.2, -0.15) is 5.26 Å². The summed E-state index contributed by atoms with van der Waals surface area (Å²) in [5.74, 6) is 0.717. The van der Waals surface area contributed by atoms with Crippen LogP contribution in [0.4, 0.5) is 0 Å². The molecule has 0 saturated heterocycles. The van der Waals surface area contributed by atoms with Crippen molar-refractivity contribution >= 4 is 0 Å². The van der Waals surface area contributed by atoms with Crippen LogP contribution < -0.4 is 0 Å². The molecule has 0 saturated carbocycles. The van der Waals surface area contributed by atoms with Crippen molar-refractivity contribution in [1.82, 2.24) is 0 Å². The summed E-state index contributed by atoms with van der Waals surface area (Å²) in [6.07, 6.45) is 1.08. The molecule has 0 bridgehead atoms. The molecule has 0 aromatic heterocycles. The highest BCUT2D eigenvalue weighted by atomic mass is 16.5. The van der Waals surface area contributed by atoms with Gasteiger partial charge in [-0.1, -0.05) is 13.8 Å². The molecule has 0 aromatic carbocycles. The monoisotopic (exact) mass is 155 g/mol. The lowest BCUT2D eigenvalue weighted by Gasteiger charge is -2.06. The lowest BCUT2D eigenvalue weighted by molar-refractivity contribution is 0.109. The fraction of sp³-hybridized carbons (Fsp3) is 0.889. The SMILES string of the molecule is CC(C)CCOCC(C)C#N. The van der Waals surface area contributed by atoms with E-state index in [9.17, 15) is 0 Å². The summed E-state index contributed by atoms with van der Waals surface area (Å²) in [6, 6.07) is 2.13. The van der Waals surface area contributed by atoms with Gasteiger partial charge >= 0.3 is 0 Å². The van der Waals surface area contributed by atoms with Crippen LogP contribution >= 0.6 is 0 Å². The van der Waals surface area contributed by atoms with Gasteiger partial charge in [-0.3, -0.25) is 0 Å². The predicted octanol–water partition coefficient (Wildman–Crippen LogP) is 2.21. The zero-order valence-corrected chi connectivity index (χ0v) is 7.63. The maximum Gasteiger partial charge on any atom is 0.0677 e. The van der Waals surface area contributed by atoms with E-state index in [1.54, 1.807) is 0 Å². The quantitative estimate of drug-likeness (QED) is 0.570. The molecule has 0 N–H and O–H groups in total. The number of nitriles is 1. The van der Waals surface area contributed by atoms with Crippen LogP contribution in [0.5, 0.6) is 0 Å². The van der Waals surface area contributed by atoms with Crippen molar-refractivity contribution in [3.8, 4) is 6.07 Å². The molecule has 1 atom stereocenters. The Morgan fingerprint density at radius 1 is 1.36 bits per heavy atom. The Morgan fingerprint density at radius 2 is 2.00 bits per heavy atom. The minimum atomic E-state index is 0.0298. The summed E-state index contributed by atoms with van der Waals surface area (Å²) in [7, 11) is 0. The Kier molecular flexibility index (Phi) is 5.87. The molecule has 1 unspecified atom stereocenters. The van der Waals surface area contributed by atoms with Gasteiger partial charge in [-0.25, -0.2) is 0 Å². The molecule has 0 aromatic rings. The van der Waals surface area contributed by atoms with Gasteiger partial charge in [0, 0.05) is 6.61 Å². The summed E-state index contributed by atoms with van der Waals surface area (Å²) in [4.78, 5) is 0. The van der Waals surface area contributed by atoms with Gasteiger partial charge in [-0.15, -0.1) is 0 Å². The molecule has 0 aliphatic rings. The van der Waals surface area contributed by atoms with E-state index in [0.717, 1.165) is 13.0 Å². The summed E-state index contributed by atoms with van der Waals surface area (Å²) in [5, 5.41) is 8.41. The lowest BCUT2D eigenvalue weighted by Crippen LogP contribution is -2.06. The minimum absolute atomic E-state index is 0.0298. The maximum absolute atomic E-state index is 8.41. The van der Waals surface area contributed by atoms with E-state index >= 15 is 0 Å². The first-order valence-corrected chi connectivity index (χ1v) is 4.14. The summed E-state index contributed by atoms with van der Waals surface area (Å²) < 4.78 is 5.27. The Morgan fingerprint density at radius 3 is 2.45 bits per heavy atom. The molecule has 64 valence electrons. The van der Waals surface area contributed by atoms with Crippen molar-refractivity contribution < 1.29 is 4.74 Å². The highest BCUT2D eigenvalue weighted by Gasteiger charge is 1.99. The Hall–Kier alpha value is -0.550. The lowest BCUT2D eigenvalue weighted by atomic mass is 10.1. The molecule has 2 nitrogen and oxygen atoms in total. The van der Waals surface area contributed by atoms with E-state index in [-0.39, 0.29) is 5.92 Å². The van der Waals surface area contributed by atoms with Gasteiger partial charge in [0.05, 0.1) is 18.6 Å². The first-order valence-electron chi connectivity index (χ1n) is 4.14. The van der Waals surface area contributed by atoms with Gasteiger partial charge in [0.25, 0.3) is 0 Å². The van der Waals surface area contributed by atoms with Crippen LogP contribution in [0.25, 0.3) is 0 Å². The largest absolute Gasteiger partial charge is 0.380 e. The van der Waals surface area contributed by atoms with Crippen LogP contribution in [0.15, 0.2) is 0 Å². The second-order valence-electron chi connectivity index (χ2n) is 3.29. The van der Waals surface area contributed by atoms with Crippen molar-refractivity contribution in [1.29, 1.82) is 5.26 Å². The summed E-state index contributed by atoms with van der Waals surface area (Å²) in [6.45, 7) is 7.55. The van der Waals surface area contributed by atoms with E-state index in [0.29, 0.717) is 12.5 Å². The smallest absolute Gasteiger partial charge is 0.0677 e. The molecular formula is C9H17NO. The third kappa shape index (κ3) is 7.35. The van der Waals surface area contributed by atoms with Crippen LogP contribution in [0.3, 0.4) is 0 Å². The summed E-state index contributed by atoms with van der Waals surface area (Å²) >= 11 is 0. The molecule has 0 amide bonds. The van der Waals surface area contributed by atoms with Crippen LogP contribution in [0.2, 0.25) is 0 Å². The van der Waals surface area contributed by atoms with Gasteiger partial charge in [-0.05, 0) is 19.3 Å². The van der Waals surface area contributed by atoms with E-state index in [4.69, 9.17) is 10.00 Å². The molecule has 0 aliphatic carbocycles. The fourth-order valence-corrected chi connectivity index (χ4v) is 0.616. The molecule has 0 aliphatic heterocycles. The standard InChI is InChI=1S/C9H17NO/c1-8(2)4-5-11-7-9(3)6-10/h8-9H,4-5,7H2,1-3H3. The average Bonchev–Trinajstić information content (AvgIpc) is 1.97. The van der Waals surface area contributed by atoms with E-state index < -0.39 is 0 Å². The number of hydrogen-bond donors (Lipinski definition) is 0. The fourth-order valence-electron chi connectivity index (χ4n) is 0.616. The number of ether oxygens (including phenoxy) is 1. The number of nitrogens with zero attached hydrogens (tertiary/aromatic N) is 1. The van der Waals surface area contributed by atoms with Crippen molar-refractivity contribution in [2.45, 2.75) is 27.2 Å². The van der Waals surface area contributed by atoms with Gasteiger partial charge < -0.3 is 4.74 Å². The molecular weight excluding hydrogens is 138 g/mol. The van der Waals surface area contributed by atoms with Gasteiger partial charge in [0.2, 0.25) is 0 Å². The zero-order chi connectivity index (χ0) is 8.69. The number of rotatable bonds is 5. The second-order valence-corrected chi connectivity index (χ2v) is 3.29. The van der Waals surface area contributed by atoms with Crippen molar-refractivity contribution in [2.75, 3.05) is 13.2 Å². The molecule has 11 heavy (non-hydrogen) atoms. The Balaban J connectivity index is 3.10. The van der Waals surface area contributed by atoms with Crippen molar-refractivity contribution in [3.05, 3.63) is 0 Å². The van der Waals surface area contributed by atoms with Crippen LogP contribution in [0, 0.1) is 23.2 Å². The third-order valence-corrected chi connectivity index (χ3v) is 1.43. The Labute approximate surface area is 69.2 Å². The minimum Gasteiger partial charge on any atom is -0.380 e. The summed E-state index contributed by atoms with van der Waals surface area (Å²) in [5.41, 5.74) is 0. The Bertz CT molecular complexity index is 126. The van der Waals surface area contributed by atoms with Crippen molar-refractivity contribution in [3.63, 3.8) is 0 Å². The van der Waals surface area contributed by atoms with Gasteiger partial charge in [0.15, 0.2) is 0 Å².